The summed E-state index contributed by atoms with van der Waals surface area (Å²) in [4.78, 5) is 17.2. The fourth-order valence-corrected chi connectivity index (χ4v) is 4.23. The fraction of sp³-hybridized carbons (Fsp3) is 0.0741. The molecule has 5 rings (SSSR count). The third-order valence-electron chi connectivity index (χ3n) is 5.67. The van der Waals surface area contributed by atoms with Crippen LogP contribution in [0.4, 0.5) is 5.69 Å². The number of thiocarbonyl (C=S) groups is 1. The molecule has 0 aliphatic carbocycles. The molecule has 36 heavy (non-hydrogen) atoms. The van der Waals surface area contributed by atoms with Gasteiger partial charge in [-0.2, -0.15) is 0 Å². The number of fused-ring (bicyclic) bond motifs is 1. The Morgan fingerprint density at radius 3 is 2.47 bits per heavy atom. The largest absolute Gasteiger partial charge is 0.451 e. The van der Waals surface area contributed by atoms with Gasteiger partial charge in [0.25, 0.3) is 5.91 Å². The lowest BCUT2D eigenvalue weighted by atomic mass is 10.1. The van der Waals surface area contributed by atoms with E-state index in [4.69, 9.17) is 44.3 Å². The molecule has 0 bridgehead atoms. The number of hydrogen-bond acceptors (Lipinski definition) is 5. The second-order valence-corrected chi connectivity index (χ2v) is 9.37. The van der Waals surface area contributed by atoms with Gasteiger partial charge < -0.3 is 14.2 Å². The molecule has 1 amide bonds. The van der Waals surface area contributed by atoms with Crippen molar-refractivity contribution >= 4 is 63.2 Å². The number of amides is 1. The van der Waals surface area contributed by atoms with E-state index in [1.165, 1.54) is 0 Å². The summed E-state index contributed by atoms with van der Waals surface area (Å²) >= 11 is 17.6. The number of carbonyl (C=O) groups is 1. The Morgan fingerprint density at radius 2 is 1.69 bits per heavy atom. The van der Waals surface area contributed by atoms with Gasteiger partial charge in [-0.1, -0.05) is 29.3 Å². The second-order valence-electron chi connectivity index (χ2n) is 8.17. The van der Waals surface area contributed by atoms with Crippen molar-refractivity contribution in [1.29, 1.82) is 0 Å². The molecule has 0 aliphatic heterocycles. The number of hydrogen-bond donors (Lipinski definition) is 2. The van der Waals surface area contributed by atoms with Crippen molar-refractivity contribution in [3.63, 3.8) is 0 Å². The molecule has 180 valence electrons. The Balaban J connectivity index is 1.24. The molecule has 0 aliphatic rings. The number of carbonyl (C=O) groups excluding carboxylic acids is 1. The van der Waals surface area contributed by atoms with Gasteiger partial charge in [0.15, 0.2) is 16.5 Å². The van der Waals surface area contributed by atoms with Crippen LogP contribution in [0.25, 0.3) is 33.9 Å². The van der Waals surface area contributed by atoms with Gasteiger partial charge in [-0.3, -0.25) is 10.1 Å². The summed E-state index contributed by atoms with van der Waals surface area (Å²) in [5, 5.41) is 6.47. The van der Waals surface area contributed by atoms with E-state index in [0.29, 0.717) is 32.9 Å². The normalized spacial score (nSPS) is 11.0. The van der Waals surface area contributed by atoms with Crippen LogP contribution >= 0.6 is 35.4 Å². The molecule has 5 aromatic rings. The number of nitrogens with one attached hydrogen (secondary N) is 2. The van der Waals surface area contributed by atoms with E-state index >= 15 is 0 Å². The lowest BCUT2D eigenvalue weighted by Crippen LogP contribution is -2.33. The summed E-state index contributed by atoms with van der Waals surface area (Å²) in [6.07, 6.45) is 0. The molecule has 0 fully saturated rings. The number of nitrogens with zero attached hydrogens (tertiary/aromatic N) is 1. The van der Waals surface area contributed by atoms with Gasteiger partial charge >= 0.3 is 0 Å². The topological polar surface area (TPSA) is 80.3 Å². The SMILES string of the molecule is Cc1cc2nc(-c3ccc(NC(=S)NC(=O)c4ccc(-c5cccc(Cl)c5Cl)o4)cc3)oc2cc1C. The van der Waals surface area contributed by atoms with Crippen LogP contribution in [-0.2, 0) is 0 Å². The summed E-state index contributed by atoms with van der Waals surface area (Å²) in [7, 11) is 0. The third-order valence-corrected chi connectivity index (χ3v) is 6.69. The van der Waals surface area contributed by atoms with E-state index in [0.717, 1.165) is 27.8 Å². The summed E-state index contributed by atoms with van der Waals surface area (Å²) in [6.45, 7) is 4.09. The molecule has 2 N–H and O–H groups in total. The number of anilines is 1. The predicted molar refractivity (Wildman–Crippen MR) is 147 cm³/mol. The highest BCUT2D eigenvalue weighted by molar-refractivity contribution is 7.80. The molecule has 0 saturated heterocycles. The van der Waals surface area contributed by atoms with E-state index in [1.807, 2.05) is 50.2 Å². The molecule has 2 aromatic heterocycles. The summed E-state index contributed by atoms with van der Waals surface area (Å²) in [6, 6.07) is 19.8. The molecule has 0 saturated carbocycles. The maximum absolute atomic E-state index is 12.6. The zero-order chi connectivity index (χ0) is 25.4. The molecule has 0 radical (unpaired) electrons. The molecule has 0 unspecified atom stereocenters. The van der Waals surface area contributed by atoms with Crippen molar-refractivity contribution in [3.05, 3.63) is 93.7 Å². The molecule has 3 aromatic carbocycles. The first kappa shape index (κ1) is 24.1. The van der Waals surface area contributed by atoms with E-state index in [2.05, 4.69) is 15.6 Å². The van der Waals surface area contributed by atoms with Gasteiger partial charge in [0.1, 0.15) is 11.3 Å². The Labute approximate surface area is 222 Å². The number of aryl methyl sites for hydroxylation is 2. The van der Waals surface area contributed by atoms with Gasteiger partial charge in [0.2, 0.25) is 5.89 Å². The third kappa shape index (κ3) is 4.86. The lowest BCUT2D eigenvalue weighted by Gasteiger charge is -2.09. The monoisotopic (exact) mass is 535 g/mol. The van der Waals surface area contributed by atoms with Crippen molar-refractivity contribution < 1.29 is 13.6 Å². The molecular formula is C27H19Cl2N3O3S. The summed E-state index contributed by atoms with van der Waals surface area (Å²) in [5.74, 6) is 0.546. The highest BCUT2D eigenvalue weighted by atomic mass is 35.5. The van der Waals surface area contributed by atoms with Crippen LogP contribution in [0, 0.1) is 13.8 Å². The van der Waals surface area contributed by atoms with E-state index in [9.17, 15) is 4.79 Å². The maximum Gasteiger partial charge on any atom is 0.293 e. The minimum Gasteiger partial charge on any atom is -0.451 e. The first-order valence-electron chi connectivity index (χ1n) is 10.9. The van der Waals surface area contributed by atoms with Crippen LogP contribution in [-0.4, -0.2) is 16.0 Å². The summed E-state index contributed by atoms with van der Waals surface area (Å²) in [5.41, 5.74) is 5.99. The molecule has 0 atom stereocenters. The van der Waals surface area contributed by atoms with Crippen LogP contribution in [0.1, 0.15) is 21.7 Å². The number of rotatable bonds is 4. The van der Waals surface area contributed by atoms with Crippen molar-refractivity contribution in [2.24, 2.45) is 0 Å². The van der Waals surface area contributed by atoms with Crippen LogP contribution in [0.2, 0.25) is 10.0 Å². The number of oxazole rings is 1. The van der Waals surface area contributed by atoms with E-state index in [-0.39, 0.29) is 10.9 Å². The highest BCUT2D eigenvalue weighted by Crippen LogP contribution is 2.34. The van der Waals surface area contributed by atoms with Crippen LogP contribution < -0.4 is 10.6 Å². The average Bonchev–Trinajstić information content (AvgIpc) is 3.49. The molecule has 6 nitrogen and oxygen atoms in total. The van der Waals surface area contributed by atoms with Crippen molar-refractivity contribution in [2.75, 3.05) is 5.32 Å². The first-order valence-corrected chi connectivity index (χ1v) is 12.1. The van der Waals surface area contributed by atoms with E-state index in [1.54, 1.807) is 30.3 Å². The molecule has 0 spiro atoms. The Morgan fingerprint density at radius 1 is 0.944 bits per heavy atom. The zero-order valence-corrected chi connectivity index (χ0v) is 21.5. The van der Waals surface area contributed by atoms with Crippen LogP contribution in [0.3, 0.4) is 0 Å². The van der Waals surface area contributed by atoms with Crippen molar-refractivity contribution in [2.45, 2.75) is 13.8 Å². The Kier molecular flexibility index (Phi) is 6.53. The number of halogens is 2. The maximum atomic E-state index is 12.6. The fourth-order valence-electron chi connectivity index (χ4n) is 3.63. The first-order chi connectivity index (χ1) is 17.3. The van der Waals surface area contributed by atoms with Crippen molar-refractivity contribution in [1.82, 2.24) is 10.3 Å². The Hall–Kier alpha value is -3.65. The number of aromatic nitrogens is 1. The van der Waals surface area contributed by atoms with Crippen LogP contribution in [0.15, 0.2) is 75.6 Å². The van der Waals surface area contributed by atoms with Gasteiger partial charge in [-0.25, -0.2) is 4.98 Å². The van der Waals surface area contributed by atoms with Gasteiger partial charge in [-0.15, -0.1) is 0 Å². The molecule has 2 heterocycles. The van der Waals surface area contributed by atoms with Crippen molar-refractivity contribution in [3.8, 4) is 22.8 Å². The van der Waals surface area contributed by atoms with E-state index < -0.39 is 5.91 Å². The Bertz CT molecular complexity index is 1580. The minimum absolute atomic E-state index is 0.0852. The van der Waals surface area contributed by atoms with Gasteiger partial charge in [0.05, 0.1) is 10.0 Å². The molecule has 9 heteroatoms. The highest BCUT2D eigenvalue weighted by Gasteiger charge is 2.16. The van der Waals surface area contributed by atoms with Gasteiger partial charge in [0, 0.05) is 16.8 Å². The average molecular weight is 536 g/mol. The standard InChI is InChI=1S/C27H19Cl2N3O3S/c1-14-12-20-23(13-15(14)2)35-26(31-20)16-6-8-17(9-7-16)30-27(36)32-25(33)22-11-10-21(34-22)18-4-3-5-19(28)24(18)29/h3-13H,1-2H3,(H2,30,32,33,36). The van der Waals surface area contributed by atoms with Gasteiger partial charge in [-0.05, 0) is 97.9 Å². The predicted octanol–water partition coefficient (Wildman–Crippen LogP) is 7.81. The second kappa shape index (κ2) is 9.78. The quantitative estimate of drug-likeness (QED) is 0.228. The summed E-state index contributed by atoms with van der Waals surface area (Å²) < 4.78 is 11.6. The smallest absolute Gasteiger partial charge is 0.293 e. The lowest BCUT2D eigenvalue weighted by molar-refractivity contribution is 0.0951. The number of furan rings is 1. The molecular weight excluding hydrogens is 517 g/mol. The zero-order valence-electron chi connectivity index (χ0n) is 19.2. The minimum atomic E-state index is -0.495. The number of benzene rings is 3. The van der Waals surface area contributed by atoms with Crippen LogP contribution in [0.5, 0.6) is 0 Å².